The fourth-order valence-electron chi connectivity index (χ4n) is 1.99. The van der Waals surface area contributed by atoms with Crippen LogP contribution in [0.2, 0.25) is 0 Å². The molecule has 1 heterocycles. The summed E-state index contributed by atoms with van der Waals surface area (Å²) in [5.41, 5.74) is 0.827. The van der Waals surface area contributed by atoms with Crippen molar-refractivity contribution in [2.24, 2.45) is 0 Å². The van der Waals surface area contributed by atoms with Crippen LogP contribution >= 0.6 is 15.9 Å². The zero-order valence-corrected chi connectivity index (χ0v) is 13.9. The lowest BCUT2D eigenvalue weighted by Gasteiger charge is -2.15. The van der Waals surface area contributed by atoms with Crippen LogP contribution in [-0.4, -0.2) is 20.6 Å². The van der Waals surface area contributed by atoms with Gasteiger partial charge in [-0.15, -0.1) is 0 Å². The van der Waals surface area contributed by atoms with Crippen molar-refractivity contribution in [1.29, 1.82) is 5.26 Å². The molecular weight excluding hydrogens is 366 g/mol. The number of nitro groups is 1. The predicted molar refractivity (Wildman–Crippen MR) is 85.8 cm³/mol. The van der Waals surface area contributed by atoms with Gasteiger partial charge in [0.2, 0.25) is 5.91 Å². The summed E-state index contributed by atoms with van der Waals surface area (Å²) >= 11 is 3.32. The van der Waals surface area contributed by atoms with Crippen LogP contribution < -0.4 is 5.32 Å². The lowest BCUT2D eigenvalue weighted by Crippen LogP contribution is -2.25. The van der Waals surface area contributed by atoms with Crippen molar-refractivity contribution in [2.75, 3.05) is 5.32 Å². The lowest BCUT2D eigenvalue weighted by molar-refractivity contribution is -0.384. The Morgan fingerprint density at radius 1 is 1.57 bits per heavy atom. The molecule has 1 unspecified atom stereocenters. The van der Waals surface area contributed by atoms with E-state index in [0.717, 1.165) is 16.2 Å². The normalized spacial score (nSPS) is 11.6. The maximum Gasteiger partial charge on any atom is 0.270 e. The van der Waals surface area contributed by atoms with Gasteiger partial charge in [0.1, 0.15) is 12.1 Å². The van der Waals surface area contributed by atoms with E-state index in [2.05, 4.69) is 26.3 Å². The van der Waals surface area contributed by atoms with E-state index in [1.54, 1.807) is 13.1 Å². The molecule has 23 heavy (non-hydrogen) atoms. The molecule has 0 radical (unpaired) electrons. The predicted octanol–water partition coefficient (Wildman–Crippen LogP) is 2.93. The molecule has 8 nitrogen and oxygen atoms in total. The van der Waals surface area contributed by atoms with Crippen LogP contribution in [0.15, 0.2) is 28.9 Å². The second-order valence-corrected chi connectivity index (χ2v) is 5.64. The van der Waals surface area contributed by atoms with Gasteiger partial charge in [-0.25, -0.2) is 0 Å². The lowest BCUT2D eigenvalue weighted by atomic mass is 10.1. The zero-order valence-electron chi connectivity index (χ0n) is 12.3. The van der Waals surface area contributed by atoms with Crippen LogP contribution in [-0.2, 0) is 4.79 Å². The van der Waals surface area contributed by atoms with E-state index in [9.17, 15) is 14.9 Å². The molecule has 0 fully saturated rings. The van der Waals surface area contributed by atoms with Crippen LogP contribution in [0.4, 0.5) is 11.4 Å². The largest absolute Gasteiger partial charge is 0.323 e. The van der Waals surface area contributed by atoms with Crippen LogP contribution in [0.3, 0.4) is 0 Å². The van der Waals surface area contributed by atoms with Gasteiger partial charge in [0, 0.05) is 12.1 Å². The molecule has 0 aliphatic heterocycles. The number of carbonyl (C=O) groups is 1. The third kappa shape index (κ3) is 3.37. The second-order valence-electron chi connectivity index (χ2n) is 4.79. The summed E-state index contributed by atoms with van der Waals surface area (Å²) in [6.45, 7) is 3.48. The molecule has 2 aromatic rings. The highest BCUT2D eigenvalue weighted by atomic mass is 79.9. The summed E-state index contributed by atoms with van der Waals surface area (Å²) in [5.74, 6) is -0.381. The number of nitrogens with one attached hydrogen (secondary N) is 1. The molecule has 118 valence electrons. The van der Waals surface area contributed by atoms with Crippen molar-refractivity contribution < 1.29 is 9.72 Å². The average molecular weight is 378 g/mol. The van der Waals surface area contributed by atoms with Crippen LogP contribution in [0.1, 0.15) is 24.2 Å². The number of carbonyl (C=O) groups excluding carboxylic acids is 1. The quantitative estimate of drug-likeness (QED) is 0.649. The van der Waals surface area contributed by atoms with E-state index in [1.165, 1.54) is 16.8 Å². The SMILES string of the molecule is Cc1c(Br)cnn1C(C)C(=O)Nc1ccc([N+](=O)[O-])cc1C#N. The highest BCUT2D eigenvalue weighted by Crippen LogP contribution is 2.23. The number of anilines is 1. The average Bonchev–Trinajstić information content (AvgIpc) is 2.86. The van der Waals surface area contributed by atoms with Gasteiger partial charge in [-0.05, 0) is 35.8 Å². The molecule has 2 rings (SSSR count). The number of nitrogens with zero attached hydrogens (tertiary/aromatic N) is 4. The Labute approximate surface area is 140 Å². The van der Waals surface area contributed by atoms with Gasteiger partial charge in [-0.3, -0.25) is 19.6 Å². The summed E-state index contributed by atoms with van der Waals surface area (Å²) < 4.78 is 2.32. The molecule has 0 saturated heterocycles. The third-order valence-electron chi connectivity index (χ3n) is 3.32. The Bertz CT molecular complexity index is 824. The molecule has 0 bridgehead atoms. The van der Waals surface area contributed by atoms with Crippen molar-refractivity contribution in [3.8, 4) is 6.07 Å². The minimum absolute atomic E-state index is 0.0260. The summed E-state index contributed by atoms with van der Waals surface area (Å²) in [4.78, 5) is 22.5. The fraction of sp³-hybridized carbons (Fsp3) is 0.214. The first kappa shape index (κ1) is 16.6. The fourth-order valence-corrected chi connectivity index (χ4v) is 2.26. The number of amides is 1. The molecule has 1 aromatic carbocycles. The summed E-state index contributed by atoms with van der Waals surface area (Å²) in [7, 11) is 0. The standard InChI is InChI=1S/C14H12BrN5O3/c1-8-12(15)7-17-19(8)9(2)14(21)18-13-4-3-11(20(22)23)5-10(13)6-16/h3-5,7,9H,1-2H3,(H,18,21). The van der Waals surface area contributed by atoms with Crippen molar-refractivity contribution in [1.82, 2.24) is 9.78 Å². The third-order valence-corrected chi connectivity index (χ3v) is 4.10. The molecule has 0 aliphatic rings. The number of benzene rings is 1. The molecule has 1 aromatic heterocycles. The first-order valence-corrected chi connectivity index (χ1v) is 7.33. The molecule has 1 atom stereocenters. The highest BCUT2D eigenvalue weighted by Gasteiger charge is 2.20. The van der Waals surface area contributed by atoms with Crippen molar-refractivity contribution >= 4 is 33.2 Å². The van der Waals surface area contributed by atoms with Crippen LogP contribution in [0.25, 0.3) is 0 Å². The van der Waals surface area contributed by atoms with Gasteiger partial charge in [0.15, 0.2) is 0 Å². The first-order chi connectivity index (χ1) is 10.8. The number of hydrogen-bond donors (Lipinski definition) is 1. The van der Waals surface area contributed by atoms with E-state index in [4.69, 9.17) is 5.26 Å². The molecule has 0 aliphatic carbocycles. The van der Waals surface area contributed by atoms with Crippen molar-refractivity contribution in [3.05, 3.63) is 50.2 Å². The smallest absolute Gasteiger partial charge is 0.270 e. The van der Waals surface area contributed by atoms with Gasteiger partial charge in [0.25, 0.3) is 5.69 Å². The van der Waals surface area contributed by atoms with E-state index < -0.39 is 11.0 Å². The molecular formula is C14H12BrN5O3. The second kappa shape index (κ2) is 6.58. The molecule has 9 heteroatoms. The van der Waals surface area contributed by atoms with Gasteiger partial charge in [-0.2, -0.15) is 10.4 Å². The molecule has 1 N–H and O–H groups in total. The van der Waals surface area contributed by atoms with Gasteiger partial charge in [0.05, 0.1) is 32.5 Å². The van der Waals surface area contributed by atoms with Gasteiger partial charge in [-0.1, -0.05) is 0 Å². The van der Waals surface area contributed by atoms with Crippen LogP contribution in [0, 0.1) is 28.4 Å². The van der Waals surface area contributed by atoms with Gasteiger partial charge >= 0.3 is 0 Å². The minimum Gasteiger partial charge on any atom is -0.323 e. The Morgan fingerprint density at radius 2 is 2.26 bits per heavy atom. The van der Waals surface area contributed by atoms with Crippen molar-refractivity contribution in [3.63, 3.8) is 0 Å². The van der Waals surface area contributed by atoms with Crippen molar-refractivity contribution in [2.45, 2.75) is 19.9 Å². The molecule has 1 amide bonds. The number of nitriles is 1. The number of non-ortho nitro benzene ring substituents is 1. The van der Waals surface area contributed by atoms with E-state index in [0.29, 0.717) is 0 Å². The maximum absolute atomic E-state index is 12.3. The summed E-state index contributed by atoms with van der Waals surface area (Å²) in [5, 5.41) is 26.5. The number of nitro benzene ring substituents is 1. The van der Waals surface area contributed by atoms with E-state index in [1.807, 2.05) is 13.0 Å². The Morgan fingerprint density at radius 3 is 2.78 bits per heavy atom. The Hall–Kier alpha value is -2.73. The summed E-state index contributed by atoms with van der Waals surface area (Å²) in [6, 6.07) is 4.93. The van der Waals surface area contributed by atoms with Gasteiger partial charge < -0.3 is 5.32 Å². The maximum atomic E-state index is 12.3. The number of hydrogen-bond acceptors (Lipinski definition) is 5. The Kier molecular flexibility index (Phi) is 4.76. The monoisotopic (exact) mass is 377 g/mol. The number of aromatic nitrogens is 2. The topological polar surface area (TPSA) is 114 Å². The first-order valence-electron chi connectivity index (χ1n) is 6.54. The molecule has 0 spiro atoms. The highest BCUT2D eigenvalue weighted by molar-refractivity contribution is 9.10. The van der Waals surface area contributed by atoms with E-state index in [-0.39, 0.29) is 22.8 Å². The Balaban J connectivity index is 2.25. The summed E-state index contributed by atoms with van der Waals surface area (Å²) in [6.07, 6.45) is 1.59. The zero-order chi connectivity index (χ0) is 17.1. The number of halogens is 1. The van der Waals surface area contributed by atoms with Crippen LogP contribution in [0.5, 0.6) is 0 Å². The number of rotatable bonds is 4. The minimum atomic E-state index is -0.608. The van der Waals surface area contributed by atoms with E-state index >= 15 is 0 Å². The molecule has 0 saturated carbocycles.